The highest BCUT2D eigenvalue weighted by Crippen LogP contribution is 2.05. The summed E-state index contributed by atoms with van der Waals surface area (Å²) in [4.78, 5) is 16.4. The van der Waals surface area contributed by atoms with E-state index in [1.165, 1.54) is 12.2 Å². The molecule has 5 nitrogen and oxygen atoms in total. The SMILES string of the molecule is COCC(N)C(=O)N1CCCO1. The van der Waals surface area contributed by atoms with Crippen LogP contribution in [0.2, 0.25) is 0 Å². The van der Waals surface area contributed by atoms with Crippen molar-refractivity contribution in [2.24, 2.45) is 5.73 Å². The summed E-state index contributed by atoms with van der Waals surface area (Å²) in [5.74, 6) is -0.200. The summed E-state index contributed by atoms with van der Waals surface area (Å²) in [6.07, 6.45) is 0.880. The predicted molar refractivity (Wildman–Crippen MR) is 42.1 cm³/mol. The molecular weight excluding hydrogens is 160 g/mol. The zero-order chi connectivity index (χ0) is 8.97. The number of hydroxylamine groups is 2. The molecule has 0 aliphatic carbocycles. The van der Waals surface area contributed by atoms with Gasteiger partial charge in [-0.15, -0.1) is 0 Å². The topological polar surface area (TPSA) is 64.8 Å². The summed E-state index contributed by atoms with van der Waals surface area (Å²) < 4.78 is 4.76. The first-order chi connectivity index (χ1) is 5.75. The molecule has 0 spiro atoms. The van der Waals surface area contributed by atoms with Gasteiger partial charge in [0, 0.05) is 7.11 Å². The molecule has 1 fully saturated rings. The van der Waals surface area contributed by atoms with Crippen molar-refractivity contribution in [1.82, 2.24) is 5.06 Å². The predicted octanol–water partition coefficient (Wildman–Crippen LogP) is -0.876. The van der Waals surface area contributed by atoms with E-state index in [4.69, 9.17) is 15.3 Å². The molecule has 1 amide bonds. The fourth-order valence-corrected chi connectivity index (χ4v) is 1.06. The van der Waals surface area contributed by atoms with Crippen LogP contribution in [0, 0.1) is 0 Å². The van der Waals surface area contributed by atoms with E-state index in [9.17, 15) is 4.79 Å². The number of carbonyl (C=O) groups excluding carboxylic acids is 1. The zero-order valence-corrected chi connectivity index (χ0v) is 7.16. The molecule has 1 heterocycles. The highest BCUT2D eigenvalue weighted by molar-refractivity contribution is 5.80. The van der Waals surface area contributed by atoms with Gasteiger partial charge in [-0.25, -0.2) is 5.06 Å². The van der Waals surface area contributed by atoms with Gasteiger partial charge in [-0.1, -0.05) is 0 Å². The number of hydrogen-bond donors (Lipinski definition) is 1. The van der Waals surface area contributed by atoms with Gasteiger partial charge in [0.1, 0.15) is 6.04 Å². The highest BCUT2D eigenvalue weighted by Gasteiger charge is 2.24. The number of carbonyl (C=O) groups is 1. The lowest BCUT2D eigenvalue weighted by atomic mass is 10.3. The van der Waals surface area contributed by atoms with Crippen molar-refractivity contribution in [3.8, 4) is 0 Å². The van der Waals surface area contributed by atoms with Crippen molar-refractivity contribution in [3.05, 3.63) is 0 Å². The van der Waals surface area contributed by atoms with Gasteiger partial charge in [0.25, 0.3) is 5.91 Å². The summed E-state index contributed by atoms with van der Waals surface area (Å²) >= 11 is 0. The fraction of sp³-hybridized carbons (Fsp3) is 0.857. The maximum Gasteiger partial charge on any atom is 0.265 e. The Bertz CT molecular complexity index is 157. The first kappa shape index (κ1) is 9.44. The Morgan fingerprint density at radius 3 is 3.08 bits per heavy atom. The summed E-state index contributed by atoms with van der Waals surface area (Å²) in [5.41, 5.74) is 5.51. The average molecular weight is 174 g/mol. The maximum atomic E-state index is 11.3. The molecule has 1 unspecified atom stereocenters. The molecule has 5 heteroatoms. The fourth-order valence-electron chi connectivity index (χ4n) is 1.06. The van der Waals surface area contributed by atoms with Crippen molar-refractivity contribution in [2.75, 3.05) is 26.9 Å². The van der Waals surface area contributed by atoms with Crippen molar-refractivity contribution >= 4 is 5.91 Å². The molecule has 0 saturated carbocycles. The first-order valence-electron chi connectivity index (χ1n) is 3.94. The molecule has 2 N–H and O–H groups in total. The van der Waals surface area contributed by atoms with E-state index in [1.807, 2.05) is 0 Å². The lowest BCUT2D eigenvalue weighted by Gasteiger charge is -2.17. The van der Waals surface area contributed by atoms with Crippen molar-refractivity contribution < 1.29 is 14.4 Å². The van der Waals surface area contributed by atoms with Gasteiger partial charge in [-0.2, -0.15) is 0 Å². The molecule has 12 heavy (non-hydrogen) atoms. The van der Waals surface area contributed by atoms with Crippen molar-refractivity contribution in [2.45, 2.75) is 12.5 Å². The molecule has 0 radical (unpaired) electrons. The molecule has 0 aromatic rings. The van der Waals surface area contributed by atoms with Crippen LogP contribution in [-0.4, -0.2) is 43.9 Å². The van der Waals surface area contributed by atoms with E-state index >= 15 is 0 Å². The van der Waals surface area contributed by atoms with Crippen LogP contribution in [0.1, 0.15) is 6.42 Å². The molecule has 1 aliphatic heterocycles. The van der Waals surface area contributed by atoms with Gasteiger partial charge in [0.05, 0.1) is 19.8 Å². The standard InChI is InChI=1S/C7H14N2O3/c1-11-5-6(8)7(10)9-3-2-4-12-9/h6H,2-5,8H2,1H3. The average Bonchev–Trinajstić information content (AvgIpc) is 2.55. The van der Waals surface area contributed by atoms with E-state index in [0.29, 0.717) is 13.2 Å². The van der Waals surface area contributed by atoms with Gasteiger partial charge in [-0.3, -0.25) is 9.63 Å². The molecule has 0 bridgehead atoms. The quantitative estimate of drug-likeness (QED) is 0.603. The van der Waals surface area contributed by atoms with E-state index in [0.717, 1.165) is 6.42 Å². The second-order valence-electron chi connectivity index (χ2n) is 2.69. The first-order valence-corrected chi connectivity index (χ1v) is 3.94. The van der Waals surface area contributed by atoms with Crippen molar-refractivity contribution in [1.29, 1.82) is 0 Å². The Morgan fingerprint density at radius 2 is 2.58 bits per heavy atom. The van der Waals surface area contributed by atoms with Gasteiger partial charge < -0.3 is 10.5 Å². The Morgan fingerprint density at radius 1 is 1.83 bits per heavy atom. The van der Waals surface area contributed by atoms with Crippen LogP contribution >= 0.6 is 0 Å². The van der Waals surface area contributed by atoms with Crippen LogP contribution in [0.25, 0.3) is 0 Å². The number of ether oxygens (including phenoxy) is 1. The summed E-state index contributed by atoms with van der Waals surface area (Å²) in [6.45, 7) is 1.47. The van der Waals surface area contributed by atoms with Crippen LogP contribution in [0.4, 0.5) is 0 Å². The van der Waals surface area contributed by atoms with Gasteiger partial charge in [0.2, 0.25) is 0 Å². The Kier molecular flexibility index (Phi) is 3.46. The summed E-state index contributed by atoms with van der Waals surface area (Å²) in [7, 11) is 1.51. The minimum Gasteiger partial charge on any atom is -0.383 e. The Hall–Kier alpha value is -0.650. The lowest BCUT2D eigenvalue weighted by Crippen LogP contribution is -2.44. The van der Waals surface area contributed by atoms with Crippen LogP contribution in [0.5, 0.6) is 0 Å². The third-order valence-electron chi connectivity index (χ3n) is 1.66. The van der Waals surface area contributed by atoms with E-state index in [2.05, 4.69) is 0 Å². The van der Waals surface area contributed by atoms with E-state index < -0.39 is 6.04 Å². The molecule has 1 atom stereocenters. The van der Waals surface area contributed by atoms with Crippen molar-refractivity contribution in [3.63, 3.8) is 0 Å². The smallest absolute Gasteiger partial charge is 0.265 e. The lowest BCUT2D eigenvalue weighted by molar-refractivity contribution is -0.171. The normalized spacial score (nSPS) is 19.7. The number of hydrogen-bond acceptors (Lipinski definition) is 4. The molecule has 1 rings (SSSR count). The molecule has 1 saturated heterocycles. The number of nitrogens with zero attached hydrogens (tertiary/aromatic N) is 1. The molecule has 1 aliphatic rings. The molecule has 0 aromatic carbocycles. The summed E-state index contributed by atoms with van der Waals surface area (Å²) in [6, 6.07) is -0.604. The second-order valence-corrected chi connectivity index (χ2v) is 2.69. The van der Waals surface area contributed by atoms with E-state index in [1.54, 1.807) is 0 Å². The van der Waals surface area contributed by atoms with Gasteiger partial charge in [0.15, 0.2) is 0 Å². The Balaban J connectivity index is 2.34. The number of nitrogens with two attached hydrogens (primary N) is 1. The molecule has 70 valence electrons. The Labute approximate surface area is 71.4 Å². The van der Waals surface area contributed by atoms with Gasteiger partial charge >= 0.3 is 0 Å². The molecular formula is C7H14N2O3. The minimum absolute atomic E-state index is 0.200. The van der Waals surface area contributed by atoms with Crippen LogP contribution in [0.3, 0.4) is 0 Å². The zero-order valence-electron chi connectivity index (χ0n) is 7.16. The third-order valence-corrected chi connectivity index (χ3v) is 1.66. The number of rotatable bonds is 3. The number of amides is 1. The monoisotopic (exact) mass is 174 g/mol. The second kappa shape index (κ2) is 4.39. The third kappa shape index (κ3) is 2.17. The largest absolute Gasteiger partial charge is 0.383 e. The maximum absolute atomic E-state index is 11.3. The minimum atomic E-state index is -0.604. The highest BCUT2D eigenvalue weighted by atomic mass is 16.7. The van der Waals surface area contributed by atoms with E-state index in [-0.39, 0.29) is 12.5 Å². The van der Waals surface area contributed by atoms with Crippen LogP contribution in [-0.2, 0) is 14.4 Å². The van der Waals surface area contributed by atoms with Gasteiger partial charge in [-0.05, 0) is 6.42 Å². The number of methoxy groups -OCH3 is 1. The molecule has 0 aromatic heterocycles. The summed E-state index contributed by atoms with van der Waals surface area (Å²) in [5, 5.41) is 1.31. The van der Waals surface area contributed by atoms with Crippen LogP contribution < -0.4 is 5.73 Å². The van der Waals surface area contributed by atoms with Crippen LogP contribution in [0.15, 0.2) is 0 Å².